The van der Waals surface area contributed by atoms with Gasteiger partial charge in [0, 0.05) is 12.2 Å². The summed E-state index contributed by atoms with van der Waals surface area (Å²) in [5, 5.41) is 3.34. The minimum Gasteiger partial charge on any atom is -0.496 e. The summed E-state index contributed by atoms with van der Waals surface area (Å²) >= 11 is 3.46. The highest BCUT2D eigenvalue weighted by atomic mass is 79.9. The first-order valence-electron chi connectivity index (χ1n) is 5.56. The zero-order valence-electron chi connectivity index (χ0n) is 9.74. The van der Waals surface area contributed by atoms with Gasteiger partial charge in [0.25, 0.3) is 0 Å². The van der Waals surface area contributed by atoms with Crippen molar-refractivity contribution in [3.8, 4) is 5.75 Å². The number of hydrogen-bond acceptors (Lipinski definition) is 4. The molecule has 4 nitrogen and oxygen atoms in total. The van der Waals surface area contributed by atoms with E-state index < -0.39 is 0 Å². The fourth-order valence-electron chi connectivity index (χ4n) is 1.67. The lowest BCUT2D eigenvalue weighted by molar-refractivity contribution is -0.133. The van der Waals surface area contributed by atoms with Gasteiger partial charge in [0.05, 0.1) is 24.3 Å². The van der Waals surface area contributed by atoms with Gasteiger partial charge in [0.15, 0.2) is 0 Å². The lowest BCUT2D eigenvalue weighted by Gasteiger charge is -2.23. The van der Waals surface area contributed by atoms with Crippen molar-refractivity contribution in [2.75, 3.05) is 32.4 Å². The molecule has 0 spiro atoms. The van der Waals surface area contributed by atoms with Gasteiger partial charge >= 0.3 is 0 Å². The third-order valence-electron chi connectivity index (χ3n) is 2.66. The molecular formula is C12H16BrNO3. The predicted molar refractivity (Wildman–Crippen MR) is 69.5 cm³/mol. The molecule has 5 heteroatoms. The van der Waals surface area contributed by atoms with E-state index in [4.69, 9.17) is 14.2 Å². The van der Waals surface area contributed by atoms with Crippen LogP contribution in [-0.2, 0) is 9.47 Å². The van der Waals surface area contributed by atoms with Crippen LogP contribution in [0, 0.1) is 0 Å². The van der Waals surface area contributed by atoms with Crippen molar-refractivity contribution in [2.24, 2.45) is 0 Å². The number of methoxy groups -OCH3 is 1. The number of benzene rings is 1. The smallest absolute Gasteiger partial charge is 0.147 e. The molecule has 1 fully saturated rings. The van der Waals surface area contributed by atoms with Crippen LogP contribution < -0.4 is 10.1 Å². The second-order valence-corrected chi connectivity index (χ2v) is 4.69. The van der Waals surface area contributed by atoms with Gasteiger partial charge in [0.1, 0.15) is 12.5 Å². The molecule has 0 bridgehead atoms. The Labute approximate surface area is 109 Å². The number of halogens is 1. The van der Waals surface area contributed by atoms with Gasteiger partial charge in [-0.1, -0.05) is 0 Å². The number of rotatable bonds is 4. The summed E-state index contributed by atoms with van der Waals surface area (Å²) in [5.41, 5.74) is 1.05. The maximum Gasteiger partial charge on any atom is 0.147 e. The largest absolute Gasteiger partial charge is 0.496 e. The zero-order chi connectivity index (χ0) is 12.1. The van der Waals surface area contributed by atoms with Crippen molar-refractivity contribution in [1.29, 1.82) is 0 Å². The molecule has 17 heavy (non-hydrogen) atoms. The molecule has 1 aromatic rings. The Morgan fingerprint density at radius 3 is 3.06 bits per heavy atom. The third-order valence-corrected chi connectivity index (χ3v) is 3.28. The van der Waals surface area contributed by atoms with E-state index in [1.54, 1.807) is 7.11 Å². The van der Waals surface area contributed by atoms with Crippen molar-refractivity contribution < 1.29 is 14.2 Å². The maximum absolute atomic E-state index is 5.45. The van der Waals surface area contributed by atoms with Crippen LogP contribution >= 0.6 is 15.9 Å². The van der Waals surface area contributed by atoms with Gasteiger partial charge in [-0.2, -0.15) is 0 Å². The number of nitrogens with one attached hydrogen (secondary N) is 1. The van der Waals surface area contributed by atoms with Crippen molar-refractivity contribution in [2.45, 2.75) is 12.5 Å². The SMILES string of the molecule is COc1ccc(NCC2CCOCO2)cc1Br. The Morgan fingerprint density at radius 1 is 1.53 bits per heavy atom. The maximum atomic E-state index is 5.45. The average Bonchev–Trinajstić information content (AvgIpc) is 2.38. The first kappa shape index (κ1) is 12.7. The minimum atomic E-state index is 0.227. The van der Waals surface area contributed by atoms with Crippen LogP contribution in [0.4, 0.5) is 5.69 Å². The standard InChI is InChI=1S/C12H16BrNO3/c1-15-12-3-2-9(6-11(12)13)14-7-10-4-5-16-8-17-10/h2-3,6,10,14H,4-5,7-8H2,1H3. The molecular weight excluding hydrogens is 286 g/mol. The van der Waals surface area contributed by atoms with E-state index in [0.717, 1.165) is 35.5 Å². The fraction of sp³-hybridized carbons (Fsp3) is 0.500. The third kappa shape index (κ3) is 3.59. The van der Waals surface area contributed by atoms with Gasteiger partial charge in [0.2, 0.25) is 0 Å². The monoisotopic (exact) mass is 301 g/mol. The molecule has 0 saturated carbocycles. The summed E-state index contributed by atoms with van der Waals surface area (Å²) < 4.78 is 16.7. The van der Waals surface area contributed by atoms with E-state index in [0.29, 0.717) is 6.79 Å². The summed E-state index contributed by atoms with van der Waals surface area (Å²) in [6, 6.07) is 5.92. The Morgan fingerprint density at radius 2 is 2.41 bits per heavy atom. The second-order valence-electron chi connectivity index (χ2n) is 3.83. The molecule has 1 heterocycles. The Balaban J connectivity index is 1.87. The quantitative estimate of drug-likeness (QED) is 0.928. The van der Waals surface area contributed by atoms with Gasteiger partial charge in [-0.25, -0.2) is 0 Å². The number of hydrogen-bond donors (Lipinski definition) is 1. The summed E-state index contributed by atoms with van der Waals surface area (Å²) in [4.78, 5) is 0. The molecule has 0 aliphatic carbocycles. The van der Waals surface area contributed by atoms with E-state index >= 15 is 0 Å². The fourth-order valence-corrected chi connectivity index (χ4v) is 2.21. The molecule has 1 unspecified atom stereocenters. The normalized spacial score (nSPS) is 20.0. The molecule has 1 atom stereocenters. The molecule has 1 aliphatic rings. The van der Waals surface area contributed by atoms with Crippen LogP contribution in [0.25, 0.3) is 0 Å². The highest BCUT2D eigenvalue weighted by Gasteiger charge is 2.13. The van der Waals surface area contributed by atoms with Gasteiger partial charge in [-0.3, -0.25) is 0 Å². The highest BCUT2D eigenvalue weighted by molar-refractivity contribution is 9.10. The van der Waals surface area contributed by atoms with Crippen LogP contribution in [0.3, 0.4) is 0 Å². The average molecular weight is 302 g/mol. The Kier molecular flexibility index (Phi) is 4.65. The minimum absolute atomic E-state index is 0.227. The summed E-state index contributed by atoms with van der Waals surface area (Å²) in [7, 11) is 1.66. The van der Waals surface area contributed by atoms with Crippen molar-refractivity contribution in [3.05, 3.63) is 22.7 Å². The first-order valence-corrected chi connectivity index (χ1v) is 6.35. The second kappa shape index (κ2) is 6.23. The predicted octanol–water partition coefficient (Wildman–Crippen LogP) is 2.63. The molecule has 1 saturated heterocycles. The van der Waals surface area contributed by atoms with E-state index in [2.05, 4.69) is 21.2 Å². The Bertz CT molecular complexity index is 367. The molecule has 2 rings (SSSR count). The topological polar surface area (TPSA) is 39.7 Å². The molecule has 0 amide bonds. The molecule has 1 aliphatic heterocycles. The van der Waals surface area contributed by atoms with Crippen LogP contribution in [0.2, 0.25) is 0 Å². The molecule has 0 radical (unpaired) electrons. The lowest BCUT2D eigenvalue weighted by atomic mass is 10.2. The summed E-state index contributed by atoms with van der Waals surface area (Å²) in [6.45, 7) is 1.97. The van der Waals surface area contributed by atoms with E-state index in [1.807, 2.05) is 18.2 Å². The van der Waals surface area contributed by atoms with Crippen LogP contribution in [0.15, 0.2) is 22.7 Å². The van der Waals surface area contributed by atoms with Gasteiger partial charge < -0.3 is 19.5 Å². The van der Waals surface area contributed by atoms with Gasteiger partial charge in [-0.15, -0.1) is 0 Å². The molecule has 1 N–H and O–H groups in total. The van der Waals surface area contributed by atoms with Crippen LogP contribution in [-0.4, -0.2) is 33.2 Å². The van der Waals surface area contributed by atoms with E-state index in [9.17, 15) is 0 Å². The Hall–Kier alpha value is -0.780. The van der Waals surface area contributed by atoms with E-state index in [-0.39, 0.29) is 6.10 Å². The van der Waals surface area contributed by atoms with Crippen molar-refractivity contribution >= 4 is 21.6 Å². The van der Waals surface area contributed by atoms with Crippen LogP contribution in [0.5, 0.6) is 5.75 Å². The lowest BCUT2D eigenvalue weighted by Crippen LogP contribution is -2.30. The first-order chi connectivity index (χ1) is 8.29. The molecule has 0 aromatic heterocycles. The zero-order valence-corrected chi connectivity index (χ0v) is 11.3. The summed E-state index contributed by atoms with van der Waals surface area (Å²) in [6.07, 6.45) is 1.16. The van der Waals surface area contributed by atoms with Crippen LogP contribution in [0.1, 0.15) is 6.42 Å². The number of ether oxygens (including phenoxy) is 3. The van der Waals surface area contributed by atoms with Gasteiger partial charge in [-0.05, 0) is 40.5 Å². The highest BCUT2D eigenvalue weighted by Crippen LogP contribution is 2.27. The van der Waals surface area contributed by atoms with E-state index in [1.165, 1.54) is 0 Å². The number of anilines is 1. The molecule has 1 aromatic carbocycles. The van der Waals surface area contributed by atoms with Crippen molar-refractivity contribution in [3.63, 3.8) is 0 Å². The summed E-state index contributed by atoms with van der Waals surface area (Å²) in [5.74, 6) is 0.831. The van der Waals surface area contributed by atoms with Crippen molar-refractivity contribution in [1.82, 2.24) is 0 Å². The molecule has 94 valence electrons.